The van der Waals surface area contributed by atoms with Crippen LogP contribution in [0.2, 0.25) is 0 Å². The summed E-state index contributed by atoms with van der Waals surface area (Å²) in [5, 5.41) is 3.42. The molecule has 3 heteroatoms. The van der Waals surface area contributed by atoms with Crippen molar-refractivity contribution in [3.63, 3.8) is 0 Å². The summed E-state index contributed by atoms with van der Waals surface area (Å²) in [6, 6.07) is 0. The Morgan fingerprint density at radius 1 is 1.47 bits per heavy atom. The first-order valence-electron chi connectivity index (χ1n) is 7.17. The second-order valence-corrected chi connectivity index (χ2v) is 5.42. The van der Waals surface area contributed by atoms with Gasteiger partial charge in [0, 0.05) is 13.0 Å². The average molecular weight is 239 g/mol. The fraction of sp³-hybridized carbons (Fsp3) is 0.929. The van der Waals surface area contributed by atoms with Crippen LogP contribution < -0.4 is 5.32 Å². The summed E-state index contributed by atoms with van der Waals surface area (Å²) < 4.78 is 5.58. The summed E-state index contributed by atoms with van der Waals surface area (Å²) in [4.78, 5) is 12.3. The van der Waals surface area contributed by atoms with Gasteiger partial charge in [-0.1, -0.05) is 6.92 Å². The average Bonchev–Trinajstić information content (AvgIpc) is 3.00. The molecule has 2 atom stereocenters. The van der Waals surface area contributed by atoms with Gasteiger partial charge in [0.2, 0.25) is 0 Å². The van der Waals surface area contributed by atoms with Gasteiger partial charge in [0.05, 0.1) is 11.6 Å². The number of Topliss-reactive ketones (excluding diaryl/α,β-unsaturated/α-hetero) is 1. The molecule has 0 spiro atoms. The molecule has 2 saturated heterocycles. The van der Waals surface area contributed by atoms with Gasteiger partial charge in [0.1, 0.15) is 0 Å². The minimum Gasteiger partial charge on any atom is -0.378 e. The van der Waals surface area contributed by atoms with E-state index in [2.05, 4.69) is 12.2 Å². The van der Waals surface area contributed by atoms with E-state index in [9.17, 15) is 4.79 Å². The van der Waals surface area contributed by atoms with Crippen molar-refractivity contribution in [2.45, 2.75) is 69.9 Å². The third-order valence-corrected chi connectivity index (χ3v) is 4.33. The molecule has 2 aliphatic heterocycles. The Balaban J connectivity index is 1.72. The van der Waals surface area contributed by atoms with Gasteiger partial charge >= 0.3 is 0 Å². The molecule has 3 nitrogen and oxygen atoms in total. The first-order valence-corrected chi connectivity index (χ1v) is 7.17. The van der Waals surface area contributed by atoms with Gasteiger partial charge in [0.25, 0.3) is 0 Å². The number of hydrogen-bond acceptors (Lipinski definition) is 3. The molecule has 0 aliphatic carbocycles. The molecule has 2 unspecified atom stereocenters. The second kappa shape index (κ2) is 5.96. The van der Waals surface area contributed by atoms with Gasteiger partial charge in [0.15, 0.2) is 5.78 Å². The number of carbonyl (C=O) groups excluding carboxylic acids is 1. The smallest absolute Gasteiger partial charge is 0.152 e. The van der Waals surface area contributed by atoms with E-state index in [0.29, 0.717) is 11.9 Å². The molecule has 17 heavy (non-hydrogen) atoms. The lowest BCUT2D eigenvalue weighted by Gasteiger charge is -2.26. The molecule has 0 bridgehead atoms. The summed E-state index contributed by atoms with van der Waals surface area (Å²) >= 11 is 0. The molecule has 0 saturated carbocycles. The third kappa shape index (κ3) is 3.08. The Morgan fingerprint density at radius 3 is 2.94 bits per heavy atom. The SMILES string of the molecule is CCC1(C(=O)CCCC2CCCO2)CCCN1. The van der Waals surface area contributed by atoms with Crippen molar-refractivity contribution >= 4 is 5.78 Å². The highest BCUT2D eigenvalue weighted by molar-refractivity contribution is 5.88. The van der Waals surface area contributed by atoms with E-state index in [1.165, 1.54) is 12.8 Å². The molecule has 0 aromatic carbocycles. The summed E-state index contributed by atoms with van der Waals surface area (Å²) in [6.07, 6.45) is 8.69. The second-order valence-electron chi connectivity index (χ2n) is 5.42. The van der Waals surface area contributed by atoms with Crippen LogP contribution in [-0.4, -0.2) is 30.6 Å². The number of hydrogen-bond donors (Lipinski definition) is 1. The largest absolute Gasteiger partial charge is 0.378 e. The van der Waals surface area contributed by atoms with Crippen molar-refractivity contribution in [2.24, 2.45) is 0 Å². The molecule has 0 amide bonds. The van der Waals surface area contributed by atoms with Crippen molar-refractivity contribution in [1.82, 2.24) is 5.32 Å². The normalized spacial score (nSPS) is 33.1. The molecule has 98 valence electrons. The highest BCUT2D eigenvalue weighted by atomic mass is 16.5. The number of carbonyl (C=O) groups is 1. The molecule has 2 heterocycles. The highest BCUT2D eigenvalue weighted by Gasteiger charge is 2.38. The van der Waals surface area contributed by atoms with E-state index in [4.69, 9.17) is 4.74 Å². The summed E-state index contributed by atoms with van der Waals surface area (Å²) in [5.41, 5.74) is -0.184. The van der Waals surface area contributed by atoms with Gasteiger partial charge in [-0.15, -0.1) is 0 Å². The zero-order valence-electron chi connectivity index (χ0n) is 11.0. The predicted molar refractivity (Wildman–Crippen MR) is 68.1 cm³/mol. The van der Waals surface area contributed by atoms with E-state index in [1.54, 1.807) is 0 Å². The Kier molecular flexibility index (Phi) is 4.57. The highest BCUT2D eigenvalue weighted by Crippen LogP contribution is 2.26. The number of rotatable bonds is 6. The van der Waals surface area contributed by atoms with E-state index in [0.717, 1.165) is 51.7 Å². The lowest BCUT2D eigenvalue weighted by atomic mass is 9.86. The van der Waals surface area contributed by atoms with Crippen LogP contribution in [0.25, 0.3) is 0 Å². The van der Waals surface area contributed by atoms with Crippen LogP contribution in [0.5, 0.6) is 0 Å². The van der Waals surface area contributed by atoms with Gasteiger partial charge < -0.3 is 10.1 Å². The maximum atomic E-state index is 12.3. The van der Waals surface area contributed by atoms with Crippen molar-refractivity contribution in [3.05, 3.63) is 0 Å². The molecule has 2 aliphatic rings. The Labute approximate surface area is 104 Å². The monoisotopic (exact) mass is 239 g/mol. The van der Waals surface area contributed by atoms with Crippen LogP contribution in [0, 0.1) is 0 Å². The van der Waals surface area contributed by atoms with Crippen molar-refractivity contribution < 1.29 is 9.53 Å². The van der Waals surface area contributed by atoms with Crippen molar-refractivity contribution in [1.29, 1.82) is 0 Å². The summed E-state index contributed by atoms with van der Waals surface area (Å²) in [5.74, 6) is 0.426. The predicted octanol–water partition coefficient (Wildman–Crippen LogP) is 2.44. The fourth-order valence-corrected chi connectivity index (χ4v) is 3.14. The molecule has 1 N–H and O–H groups in total. The van der Waals surface area contributed by atoms with Gasteiger partial charge in [-0.3, -0.25) is 4.79 Å². The zero-order valence-corrected chi connectivity index (χ0v) is 11.0. The van der Waals surface area contributed by atoms with Crippen LogP contribution >= 0.6 is 0 Å². The van der Waals surface area contributed by atoms with E-state index in [-0.39, 0.29) is 5.54 Å². The lowest BCUT2D eigenvalue weighted by molar-refractivity contribution is -0.125. The first-order chi connectivity index (χ1) is 8.27. The van der Waals surface area contributed by atoms with Crippen LogP contribution in [0.15, 0.2) is 0 Å². The molecule has 0 aromatic rings. The minimum atomic E-state index is -0.184. The Bertz CT molecular complexity index is 253. The molecule has 0 aromatic heterocycles. The van der Waals surface area contributed by atoms with Gasteiger partial charge in [-0.2, -0.15) is 0 Å². The Morgan fingerprint density at radius 2 is 2.35 bits per heavy atom. The molecule has 2 rings (SSSR count). The Hall–Kier alpha value is -0.410. The van der Waals surface area contributed by atoms with E-state index < -0.39 is 0 Å². The van der Waals surface area contributed by atoms with Crippen LogP contribution in [0.3, 0.4) is 0 Å². The lowest BCUT2D eigenvalue weighted by Crippen LogP contribution is -2.46. The molecule has 0 radical (unpaired) electrons. The number of ketones is 1. The first kappa shape index (κ1) is 13.0. The summed E-state index contributed by atoms with van der Waals surface area (Å²) in [7, 11) is 0. The topological polar surface area (TPSA) is 38.3 Å². The van der Waals surface area contributed by atoms with E-state index in [1.807, 2.05) is 0 Å². The maximum absolute atomic E-state index is 12.3. The van der Waals surface area contributed by atoms with Crippen LogP contribution in [-0.2, 0) is 9.53 Å². The van der Waals surface area contributed by atoms with Crippen LogP contribution in [0.4, 0.5) is 0 Å². The molecular formula is C14H25NO2. The molecule has 2 fully saturated rings. The van der Waals surface area contributed by atoms with E-state index >= 15 is 0 Å². The third-order valence-electron chi connectivity index (χ3n) is 4.33. The summed E-state index contributed by atoms with van der Waals surface area (Å²) in [6.45, 7) is 4.04. The number of nitrogens with one attached hydrogen (secondary N) is 1. The van der Waals surface area contributed by atoms with Gasteiger partial charge in [-0.25, -0.2) is 0 Å². The van der Waals surface area contributed by atoms with Crippen LogP contribution in [0.1, 0.15) is 58.3 Å². The quantitative estimate of drug-likeness (QED) is 0.773. The number of ether oxygens (including phenoxy) is 1. The molecular weight excluding hydrogens is 214 g/mol. The van der Waals surface area contributed by atoms with Crippen molar-refractivity contribution in [2.75, 3.05) is 13.2 Å². The van der Waals surface area contributed by atoms with Gasteiger partial charge in [-0.05, 0) is 51.5 Å². The fourth-order valence-electron chi connectivity index (χ4n) is 3.14. The zero-order chi connectivity index (χ0) is 12.1. The maximum Gasteiger partial charge on any atom is 0.152 e. The minimum absolute atomic E-state index is 0.184. The van der Waals surface area contributed by atoms with Crippen molar-refractivity contribution in [3.8, 4) is 0 Å². The standard InChI is InChI=1S/C14H25NO2/c1-2-14(9-5-10-15-14)13(16)8-3-6-12-7-4-11-17-12/h12,15H,2-11H2,1H3.